The number of carbonyl (C=O) groups is 2. The molecule has 3 atom stereocenters. The maximum Gasteiger partial charge on any atom is 0.425 e. The van der Waals surface area contributed by atoms with Gasteiger partial charge in [-0.05, 0) is 68.8 Å². The Morgan fingerprint density at radius 3 is 2.19 bits per heavy atom. The lowest BCUT2D eigenvalue weighted by atomic mass is 9.68. The molecule has 0 radical (unpaired) electrons. The average molecular weight is 532 g/mol. The number of rotatable bonds is 5. The summed E-state index contributed by atoms with van der Waals surface area (Å²) in [4.78, 5) is 29.2. The van der Waals surface area contributed by atoms with Crippen LogP contribution in [0.5, 0.6) is 0 Å². The van der Waals surface area contributed by atoms with Crippen molar-refractivity contribution < 1.29 is 27.9 Å². The Morgan fingerprint density at radius 2 is 1.69 bits per heavy atom. The van der Waals surface area contributed by atoms with Crippen LogP contribution in [0.15, 0.2) is 18.2 Å². The lowest BCUT2D eigenvalue weighted by Gasteiger charge is -2.48. The summed E-state index contributed by atoms with van der Waals surface area (Å²) in [5.41, 5.74) is -4.57. The molecule has 1 aromatic carbocycles. The molecule has 0 spiro atoms. The Kier molecular flexibility index (Phi) is 8.38. The molecule has 0 saturated carbocycles. The maximum absolute atomic E-state index is 14.3. The molecule has 3 rings (SSSR count). The topological polar surface area (TPSA) is 72.9 Å². The first-order valence-electron chi connectivity index (χ1n) is 12.4. The molecular formula is C26H37ClF3N3O3. The lowest BCUT2D eigenvalue weighted by molar-refractivity contribution is -0.280. The van der Waals surface area contributed by atoms with Crippen molar-refractivity contribution in [3.8, 4) is 0 Å². The molecule has 2 fully saturated rings. The van der Waals surface area contributed by atoms with Gasteiger partial charge in [0.15, 0.2) is 5.78 Å². The first kappa shape index (κ1) is 28.7. The van der Waals surface area contributed by atoms with E-state index in [1.807, 2.05) is 0 Å². The van der Waals surface area contributed by atoms with E-state index < -0.39 is 29.0 Å². The second kappa shape index (κ2) is 10.5. The SMILES string of the molecule is CN(C)C(=O)c1ccc(N2CCC(C3CCNCC3)CC2C(=O)C(O)(C(C)(C)C)C(F)(F)F)cc1Cl. The Morgan fingerprint density at radius 1 is 1.08 bits per heavy atom. The van der Waals surface area contributed by atoms with E-state index in [1.54, 1.807) is 25.1 Å². The Labute approximate surface area is 216 Å². The van der Waals surface area contributed by atoms with E-state index in [2.05, 4.69) is 5.32 Å². The molecule has 0 aliphatic carbocycles. The minimum atomic E-state index is -5.14. The molecule has 2 saturated heterocycles. The van der Waals surface area contributed by atoms with Crippen molar-refractivity contribution in [3.63, 3.8) is 0 Å². The number of nitrogens with one attached hydrogen (secondary N) is 1. The van der Waals surface area contributed by atoms with E-state index in [9.17, 15) is 27.9 Å². The average Bonchev–Trinajstić information content (AvgIpc) is 2.81. The number of nitrogens with zero attached hydrogens (tertiary/aromatic N) is 2. The fraction of sp³-hybridized carbons (Fsp3) is 0.692. The maximum atomic E-state index is 14.3. The van der Waals surface area contributed by atoms with E-state index in [1.165, 1.54) is 37.8 Å². The summed E-state index contributed by atoms with van der Waals surface area (Å²) in [5.74, 6) is -1.17. The van der Waals surface area contributed by atoms with Crippen molar-refractivity contribution in [2.45, 2.75) is 64.3 Å². The Bertz CT molecular complexity index is 957. The molecule has 6 nitrogen and oxygen atoms in total. The molecule has 3 unspecified atom stereocenters. The molecular weight excluding hydrogens is 495 g/mol. The smallest absolute Gasteiger partial charge is 0.374 e. The van der Waals surface area contributed by atoms with Crippen LogP contribution >= 0.6 is 11.6 Å². The van der Waals surface area contributed by atoms with Crippen molar-refractivity contribution in [3.05, 3.63) is 28.8 Å². The second-order valence-corrected chi connectivity index (χ2v) is 11.7. The monoisotopic (exact) mass is 531 g/mol. The minimum absolute atomic E-state index is 0.0693. The molecule has 1 aromatic rings. The van der Waals surface area contributed by atoms with Crippen LogP contribution in [0, 0.1) is 17.3 Å². The first-order chi connectivity index (χ1) is 16.6. The third-order valence-corrected chi connectivity index (χ3v) is 8.08. The summed E-state index contributed by atoms with van der Waals surface area (Å²) >= 11 is 6.40. The molecule has 36 heavy (non-hydrogen) atoms. The molecule has 202 valence electrons. The van der Waals surface area contributed by atoms with Crippen molar-refractivity contribution in [1.29, 1.82) is 0 Å². The van der Waals surface area contributed by atoms with Gasteiger partial charge >= 0.3 is 6.18 Å². The van der Waals surface area contributed by atoms with Gasteiger partial charge in [-0.3, -0.25) is 9.59 Å². The van der Waals surface area contributed by atoms with Crippen LogP contribution in [0.4, 0.5) is 18.9 Å². The van der Waals surface area contributed by atoms with Gasteiger partial charge in [0.2, 0.25) is 5.60 Å². The largest absolute Gasteiger partial charge is 0.425 e. The van der Waals surface area contributed by atoms with Gasteiger partial charge in [-0.2, -0.15) is 13.2 Å². The zero-order valence-corrected chi connectivity index (χ0v) is 22.3. The number of halogens is 4. The summed E-state index contributed by atoms with van der Waals surface area (Å²) in [6.45, 7) is 5.72. The van der Waals surface area contributed by atoms with Crippen LogP contribution < -0.4 is 10.2 Å². The van der Waals surface area contributed by atoms with E-state index >= 15 is 0 Å². The fourth-order valence-electron chi connectivity index (χ4n) is 5.57. The van der Waals surface area contributed by atoms with Gasteiger partial charge in [-0.15, -0.1) is 0 Å². The highest BCUT2D eigenvalue weighted by Crippen LogP contribution is 2.47. The van der Waals surface area contributed by atoms with Gasteiger partial charge in [-0.1, -0.05) is 32.4 Å². The van der Waals surface area contributed by atoms with Gasteiger partial charge in [0.05, 0.1) is 16.6 Å². The molecule has 0 aromatic heterocycles. The van der Waals surface area contributed by atoms with Gasteiger partial charge < -0.3 is 20.2 Å². The number of amides is 1. The zero-order valence-electron chi connectivity index (χ0n) is 21.6. The predicted molar refractivity (Wildman–Crippen MR) is 134 cm³/mol. The normalized spacial score (nSPS) is 23.8. The summed E-state index contributed by atoms with van der Waals surface area (Å²) in [7, 11) is 3.19. The van der Waals surface area contributed by atoms with Crippen LogP contribution in [0.3, 0.4) is 0 Å². The summed E-state index contributed by atoms with van der Waals surface area (Å²) < 4.78 is 42.9. The number of anilines is 1. The highest BCUT2D eigenvalue weighted by molar-refractivity contribution is 6.34. The van der Waals surface area contributed by atoms with Crippen LogP contribution in [0.2, 0.25) is 5.02 Å². The van der Waals surface area contributed by atoms with Crippen LogP contribution in [0.25, 0.3) is 0 Å². The highest BCUT2D eigenvalue weighted by atomic mass is 35.5. The van der Waals surface area contributed by atoms with Crippen LogP contribution in [0.1, 0.15) is 56.8 Å². The molecule has 10 heteroatoms. The van der Waals surface area contributed by atoms with Gasteiger partial charge in [0.25, 0.3) is 5.91 Å². The Hall–Kier alpha value is -1.84. The zero-order chi connectivity index (χ0) is 27.1. The number of benzene rings is 1. The van der Waals surface area contributed by atoms with Crippen molar-refractivity contribution in [2.75, 3.05) is 38.6 Å². The number of ketones is 1. The molecule has 2 aliphatic rings. The number of hydrogen-bond donors (Lipinski definition) is 2. The van der Waals surface area contributed by atoms with E-state index in [-0.39, 0.29) is 28.8 Å². The van der Waals surface area contributed by atoms with Gasteiger partial charge in [-0.25, -0.2) is 0 Å². The van der Waals surface area contributed by atoms with E-state index in [0.29, 0.717) is 24.6 Å². The highest BCUT2D eigenvalue weighted by Gasteiger charge is 2.67. The number of Topliss-reactive ketones (excluding diaryl/α,β-unsaturated/α-hetero) is 1. The van der Waals surface area contributed by atoms with Crippen LogP contribution in [-0.2, 0) is 4.79 Å². The second-order valence-electron chi connectivity index (χ2n) is 11.3. The summed E-state index contributed by atoms with van der Waals surface area (Å²) in [6.07, 6.45) is -2.41. The third kappa shape index (κ3) is 5.38. The van der Waals surface area contributed by atoms with Crippen molar-refractivity contribution >= 4 is 29.0 Å². The summed E-state index contributed by atoms with van der Waals surface area (Å²) in [5, 5.41) is 14.5. The van der Waals surface area contributed by atoms with Crippen molar-refractivity contribution in [2.24, 2.45) is 17.3 Å². The summed E-state index contributed by atoms with van der Waals surface area (Å²) in [6, 6.07) is 3.47. The number of aliphatic hydroxyl groups is 1. The first-order valence-corrected chi connectivity index (χ1v) is 12.8. The number of alkyl halides is 3. The number of piperidine rings is 2. The number of carbonyl (C=O) groups excluding carboxylic acids is 2. The molecule has 2 N–H and O–H groups in total. The van der Waals surface area contributed by atoms with Crippen molar-refractivity contribution in [1.82, 2.24) is 10.2 Å². The van der Waals surface area contributed by atoms with E-state index in [4.69, 9.17) is 11.6 Å². The fourth-order valence-corrected chi connectivity index (χ4v) is 5.82. The van der Waals surface area contributed by atoms with Crippen LogP contribution in [-0.4, -0.2) is 73.2 Å². The molecule has 0 bridgehead atoms. The quantitative estimate of drug-likeness (QED) is 0.584. The number of hydrogen-bond acceptors (Lipinski definition) is 5. The standard InChI is InChI=1S/C26H37ClF3N3O3/c1-24(2,3)25(36,26(28,29)30)22(34)21-14-17(16-8-11-31-12-9-16)10-13-33(21)18-6-7-19(20(27)15-18)23(35)32(4)5/h6-7,15-17,21,31,36H,8-14H2,1-5H3. The molecule has 1 amide bonds. The third-order valence-electron chi connectivity index (χ3n) is 7.77. The molecule has 2 aliphatic heterocycles. The van der Waals surface area contributed by atoms with Gasteiger partial charge in [0.1, 0.15) is 0 Å². The Balaban J connectivity index is 2.03. The molecule has 2 heterocycles. The predicted octanol–water partition coefficient (Wildman–Crippen LogP) is 4.54. The van der Waals surface area contributed by atoms with Gasteiger partial charge in [0, 0.05) is 31.7 Å². The lowest BCUT2D eigenvalue weighted by Crippen LogP contribution is -2.66. The minimum Gasteiger partial charge on any atom is -0.374 e. The van der Waals surface area contributed by atoms with E-state index in [0.717, 1.165) is 25.9 Å².